The fourth-order valence-electron chi connectivity index (χ4n) is 2.92. The van der Waals surface area contributed by atoms with Crippen LogP contribution in [-0.2, 0) is 10.2 Å². The van der Waals surface area contributed by atoms with Gasteiger partial charge in [0, 0.05) is 13.1 Å². The maximum atomic E-state index is 12.4. The summed E-state index contributed by atoms with van der Waals surface area (Å²) in [6, 6.07) is 9.47. The molecular formula is C17H23F3N2O. The van der Waals surface area contributed by atoms with Gasteiger partial charge >= 0.3 is 6.18 Å². The molecule has 0 spiro atoms. The predicted octanol–water partition coefficient (Wildman–Crippen LogP) is 2.96. The number of hydrogen-bond donors (Lipinski definition) is 1. The highest BCUT2D eigenvalue weighted by atomic mass is 19.4. The molecule has 128 valence electrons. The first-order valence-electron chi connectivity index (χ1n) is 7.81. The van der Waals surface area contributed by atoms with Crippen LogP contribution in [0.25, 0.3) is 0 Å². The fraction of sp³-hybridized carbons (Fsp3) is 0.588. The second kappa shape index (κ2) is 6.91. The number of carbonyl (C=O) groups is 1. The topological polar surface area (TPSA) is 32.3 Å². The van der Waals surface area contributed by atoms with Crippen molar-refractivity contribution in [3.63, 3.8) is 0 Å². The van der Waals surface area contributed by atoms with Crippen LogP contribution in [0.5, 0.6) is 0 Å². The average molecular weight is 328 g/mol. The summed E-state index contributed by atoms with van der Waals surface area (Å²) >= 11 is 0. The molecule has 1 aliphatic heterocycles. The standard InChI is InChI=1S/C17H23F3N2O/c1-16(2,14-6-4-3-5-7-14)15(23)21-10-13-8-9-22(11-13)12-17(18,19)20/h3-7,13H,8-12H2,1-2H3,(H,21,23). The number of halogens is 3. The van der Waals surface area contributed by atoms with E-state index < -0.39 is 18.1 Å². The van der Waals surface area contributed by atoms with Crippen molar-refractivity contribution in [3.05, 3.63) is 35.9 Å². The Morgan fingerprint density at radius 2 is 1.91 bits per heavy atom. The summed E-state index contributed by atoms with van der Waals surface area (Å²) < 4.78 is 37.1. The zero-order chi connectivity index (χ0) is 17.1. The van der Waals surface area contributed by atoms with Crippen LogP contribution in [0.3, 0.4) is 0 Å². The summed E-state index contributed by atoms with van der Waals surface area (Å²) in [4.78, 5) is 13.8. The van der Waals surface area contributed by atoms with Crippen molar-refractivity contribution < 1.29 is 18.0 Å². The van der Waals surface area contributed by atoms with Crippen LogP contribution in [-0.4, -0.2) is 43.2 Å². The molecule has 1 fully saturated rings. The van der Waals surface area contributed by atoms with Gasteiger partial charge in [-0.25, -0.2) is 0 Å². The molecule has 0 aromatic heterocycles. The first kappa shape index (κ1) is 17.8. The molecule has 2 rings (SSSR count). The molecule has 1 unspecified atom stereocenters. The van der Waals surface area contributed by atoms with E-state index in [-0.39, 0.29) is 11.8 Å². The smallest absolute Gasteiger partial charge is 0.355 e. The molecule has 0 aliphatic carbocycles. The third-order valence-electron chi connectivity index (χ3n) is 4.39. The number of benzene rings is 1. The van der Waals surface area contributed by atoms with Crippen molar-refractivity contribution in [2.75, 3.05) is 26.2 Å². The largest absolute Gasteiger partial charge is 0.401 e. The third-order valence-corrected chi connectivity index (χ3v) is 4.39. The van der Waals surface area contributed by atoms with Gasteiger partial charge in [0.15, 0.2) is 0 Å². The minimum absolute atomic E-state index is 0.0767. The maximum absolute atomic E-state index is 12.4. The number of alkyl halides is 3. The van der Waals surface area contributed by atoms with Gasteiger partial charge in [0.1, 0.15) is 0 Å². The molecule has 1 amide bonds. The van der Waals surface area contributed by atoms with E-state index in [0.29, 0.717) is 26.1 Å². The minimum atomic E-state index is -4.16. The van der Waals surface area contributed by atoms with Gasteiger partial charge < -0.3 is 5.32 Å². The molecule has 1 aliphatic rings. The van der Waals surface area contributed by atoms with E-state index in [0.717, 1.165) is 5.56 Å². The first-order chi connectivity index (χ1) is 10.7. The molecule has 1 aromatic carbocycles. The molecule has 1 saturated heterocycles. The predicted molar refractivity (Wildman–Crippen MR) is 83.1 cm³/mol. The molecule has 3 nitrogen and oxygen atoms in total. The number of nitrogens with one attached hydrogen (secondary N) is 1. The molecule has 1 heterocycles. The number of carbonyl (C=O) groups excluding carboxylic acids is 1. The summed E-state index contributed by atoms with van der Waals surface area (Å²) in [6.07, 6.45) is -3.48. The lowest BCUT2D eigenvalue weighted by atomic mass is 9.83. The van der Waals surface area contributed by atoms with Crippen LogP contribution in [0.4, 0.5) is 13.2 Å². The van der Waals surface area contributed by atoms with E-state index in [1.54, 1.807) is 0 Å². The van der Waals surface area contributed by atoms with Crippen LogP contribution in [0, 0.1) is 5.92 Å². The van der Waals surface area contributed by atoms with Gasteiger partial charge in [0.2, 0.25) is 5.91 Å². The van der Waals surface area contributed by atoms with Crippen LogP contribution in [0.2, 0.25) is 0 Å². The Hall–Kier alpha value is -1.56. The zero-order valence-electron chi connectivity index (χ0n) is 13.5. The maximum Gasteiger partial charge on any atom is 0.401 e. The van der Waals surface area contributed by atoms with Gasteiger partial charge in [-0.1, -0.05) is 30.3 Å². The van der Waals surface area contributed by atoms with E-state index in [1.807, 2.05) is 44.2 Å². The van der Waals surface area contributed by atoms with Crippen molar-refractivity contribution in [1.82, 2.24) is 10.2 Å². The van der Waals surface area contributed by atoms with Crippen molar-refractivity contribution >= 4 is 5.91 Å². The summed E-state index contributed by atoms with van der Waals surface area (Å²) in [5, 5.41) is 2.90. The number of hydrogen-bond acceptors (Lipinski definition) is 2. The molecule has 1 N–H and O–H groups in total. The normalized spacial score (nSPS) is 19.8. The average Bonchev–Trinajstić information content (AvgIpc) is 2.91. The van der Waals surface area contributed by atoms with E-state index in [9.17, 15) is 18.0 Å². The quantitative estimate of drug-likeness (QED) is 0.901. The molecule has 1 atom stereocenters. The number of rotatable bonds is 5. The Morgan fingerprint density at radius 3 is 2.52 bits per heavy atom. The van der Waals surface area contributed by atoms with E-state index >= 15 is 0 Å². The highest BCUT2D eigenvalue weighted by Gasteiger charge is 2.35. The van der Waals surface area contributed by atoms with Gasteiger partial charge in [-0.2, -0.15) is 13.2 Å². The molecule has 1 aromatic rings. The lowest BCUT2D eigenvalue weighted by Gasteiger charge is -2.25. The first-order valence-corrected chi connectivity index (χ1v) is 7.81. The van der Waals surface area contributed by atoms with Gasteiger partial charge in [-0.05, 0) is 38.3 Å². The molecule has 0 radical (unpaired) electrons. The SMILES string of the molecule is CC(C)(C(=O)NCC1CCN(CC(F)(F)F)C1)c1ccccc1. The Balaban J connectivity index is 1.83. The van der Waals surface area contributed by atoms with Crippen LogP contribution < -0.4 is 5.32 Å². The number of likely N-dealkylation sites (tertiary alicyclic amines) is 1. The van der Waals surface area contributed by atoms with Crippen LogP contribution in [0.15, 0.2) is 30.3 Å². The van der Waals surface area contributed by atoms with Gasteiger partial charge in [0.05, 0.1) is 12.0 Å². The van der Waals surface area contributed by atoms with E-state index in [4.69, 9.17) is 0 Å². The zero-order valence-corrected chi connectivity index (χ0v) is 13.5. The van der Waals surface area contributed by atoms with Gasteiger partial charge in [0.25, 0.3) is 0 Å². The summed E-state index contributed by atoms with van der Waals surface area (Å²) in [7, 11) is 0. The van der Waals surface area contributed by atoms with E-state index in [1.165, 1.54) is 4.90 Å². The van der Waals surface area contributed by atoms with Gasteiger partial charge in [-0.15, -0.1) is 0 Å². The van der Waals surface area contributed by atoms with Crippen molar-refractivity contribution in [1.29, 1.82) is 0 Å². The van der Waals surface area contributed by atoms with Gasteiger partial charge in [-0.3, -0.25) is 9.69 Å². The molecule has 0 saturated carbocycles. The summed E-state index contributed by atoms with van der Waals surface area (Å²) in [6.45, 7) is 4.06. The number of amides is 1. The Labute approximate surface area is 134 Å². The molecule has 23 heavy (non-hydrogen) atoms. The summed E-state index contributed by atoms with van der Waals surface area (Å²) in [5.74, 6) is -0.0224. The Bertz CT molecular complexity index is 528. The van der Waals surface area contributed by atoms with Crippen molar-refractivity contribution in [2.24, 2.45) is 5.92 Å². The number of nitrogens with zero attached hydrogens (tertiary/aromatic N) is 1. The Kier molecular flexibility index (Phi) is 5.34. The summed E-state index contributed by atoms with van der Waals surface area (Å²) in [5.41, 5.74) is 0.258. The highest BCUT2D eigenvalue weighted by molar-refractivity contribution is 5.87. The monoisotopic (exact) mass is 328 g/mol. The lowest BCUT2D eigenvalue weighted by Crippen LogP contribution is -2.42. The Morgan fingerprint density at radius 1 is 1.26 bits per heavy atom. The molecular weight excluding hydrogens is 305 g/mol. The molecule has 0 bridgehead atoms. The van der Waals surface area contributed by atoms with Crippen LogP contribution >= 0.6 is 0 Å². The van der Waals surface area contributed by atoms with E-state index in [2.05, 4.69) is 5.32 Å². The fourth-order valence-corrected chi connectivity index (χ4v) is 2.92. The van der Waals surface area contributed by atoms with Crippen molar-refractivity contribution in [2.45, 2.75) is 31.9 Å². The van der Waals surface area contributed by atoms with Crippen LogP contribution in [0.1, 0.15) is 25.8 Å². The lowest BCUT2D eigenvalue weighted by molar-refractivity contribution is -0.143. The second-order valence-corrected chi connectivity index (χ2v) is 6.71. The minimum Gasteiger partial charge on any atom is -0.355 e. The highest BCUT2D eigenvalue weighted by Crippen LogP contribution is 2.25. The third kappa shape index (κ3) is 4.96. The second-order valence-electron chi connectivity index (χ2n) is 6.71. The molecule has 6 heteroatoms. The van der Waals surface area contributed by atoms with Crippen molar-refractivity contribution in [3.8, 4) is 0 Å².